The third kappa shape index (κ3) is 5.17. The Morgan fingerprint density at radius 2 is 1.86 bits per heavy atom. The summed E-state index contributed by atoms with van der Waals surface area (Å²) < 4.78 is 5.17. The highest BCUT2D eigenvalue weighted by molar-refractivity contribution is 5.84. The van der Waals surface area contributed by atoms with E-state index in [4.69, 9.17) is 4.74 Å². The summed E-state index contributed by atoms with van der Waals surface area (Å²) in [5, 5.41) is 3.08. The molecule has 1 unspecified atom stereocenters. The first-order valence-corrected chi connectivity index (χ1v) is 10.1. The van der Waals surface area contributed by atoms with Crippen LogP contribution in [0.5, 0.6) is 5.75 Å². The van der Waals surface area contributed by atoms with Crippen molar-refractivity contribution in [2.75, 3.05) is 20.2 Å². The first kappa shape index (κ1) is 20.9. The predicted molar refractivity (Wildman–Crippen MR) is 114 cm³/mol. The minimum Gasteiger partial charge on any atom is -0.497 e. The number of nitrogens with one attached hydrogen (secondary N) is 1. The molecule has 3 rings (SSSR count). The molecule has 1 aliphatic rings. The summed E-state index contributed by atoms with van der Waals surface area (Å²) in [6.07, 6.45) is 1.96. The summed E-state index contributed by atoms with van der Waals surface area (Å²) in [6.45, 7) is 5.69. The van der Waals surface area contributed by atoms with Crippen molar-refractivity contribution >= 4 is 11.8 Å². The van der Waals surface area contributed by atoms with Crippen molar-refractivity contribution in [1.29, 1.82) is 0 Å². The number of piperidine rings is 1. The molecule has 5 heteroatoms. The van der Waals surface area contributed by atoms with Gasteiger partial charge in [0.15, 0.2) is 0 Å². The lowest BCUT2D eigenvalue weighted by molar-refractivity contribution is -0.140. The summed E-state index contributed by atoms with van der Waals surface area (Å²) in [5.41, 5.74) is 2.67. The molecule has 2 amide bonds. The van der Waals surface area contributed by atoms with Gasteiger partial charge in [-0.05, 0) is 55.5 Å². The van der Waals surface area contributed by atoms with Crippen molar-refractivity contribution in [3.05, 3.63) is 65.2 Å². The molecular formula is C24H30N2O3. The standard InChI is InChI=1S/C24H30N2O3/c1-18-7-4-5-8-20(18)16-25-23(28)24(2)13-6-14-26(17-24)22(27)15-19-9-11-21(29-3)12-10-19/h4-5,7-12H,6,13-17H2,1-3H3,(H,25,28). The third-order valence-corrected chi connectivity index (χ3v) is 5.81. The lowest BCUT2D eigenvalue weighted by Gasteiger charge is -2.39. The average molecular weight is 395 g/mol. The lowest BCUT2D eigenvalue weighted by Crippen LogP contribution is -2.52. The molecule has 1 atom stereocenters. The maximum Gasteiger partial charge on any atom is 0.227 e. The van der Waals surface area contributed by atoms with Crippen LogP contribution in [0.2, 0.25) is 0 Å². The Bertz CT molecular complexity index is 863. The molecule has 5 nitrogen and oxygen atoms in total. The Hall–Kier alpha value is -2.82. The summed E-state index contributed by atoms with van der Waals surface area (Å²) in [5.74, 6) is 0.854. The summed E-state index contributed by atoms with van der Waals surface area (Å²) in [6, 6.07) is 15.6. The fourth-order valence-electron chi connectivity index (χ4n) is 3.86. The Labute approximate surface area is 173 Å². The van der Waals surface area contributed by atoms with Crippen LogP contribution in [0.15, 0.2) is 48.5 Å². The maximum absolute atomic E-state index is 12.9. The lowest BCUT2D eigenvalue weighted by atomic mass is 9.80. The van der Waals surface area contributed by atoms with Crippen LogP contribution in [0.3, 0.4) is 0 Å². The summed E-state index contributed by atoms with van der Waals surface area (Å²) >= 11 is 0. The van der Waals surface area contributed by atoms with Crippen LogP contribution in [0, 0.1) is 12.3 Å². The van der Waals surface area contributed by atoms with E-state index < -0.39 is 5.41 Å². The van der Waals surface area contributed by atoms with Crippen molar-refractivity contribution < 1.29 is 14.3 Å². The summed E-state index contributed by atoms with van der Waals surface area (Å²) in [4.78, 5) is 27.6. The molecule has 1 saturated heterocycles. The van der Waals surface area contributed by atoms with Crippen LogP contribution in [0.25, 0.3) is 0 Å². The van der Waals surface area contributed by atoms with Crippen molar-refractivity contribution in [2.45, 2.75) is 39.7 Å². The molecule has 29 heavy (non-hydrogen) atoms. The largest absolute Gasteiger partial charge is 0.497 e. The molecule has 1 fully saturated rings. The zero-order valence-corrected chi connectivity index (χ0v) is 17.5. The van der Waals surface area contributed by atoms with Gasteiger partial charge in [0.2, 0.25) is 11.8 Å². The predicted octanol–water partition coefficient (Wildman–Crippen LogP) is 3.49. The number of hydrogen-bond donors (Lipinski definition) is 1. The van der Waals surface area contributed by atoms with E-state index in [9.17, 15) is 9.59 Å². The van der Waals surface area contributed by atoms with E-state index in [1.165, 1.54) is 0 Å². The van der Waals surface area contributed by atoms with Crippen molar-refractivity contribution in [3.63, 3.8) is 0 Å². The fraction of sp³-hybridized carbons (Fsp3) is 0.417. The molecule has 0 spiro atoms. The van der Waals surface area contributed by atoms with Gasteiger partial charge in [0.1, 0.15) is 5.75 Å². The number of carbonyl (C=O) groups excluding carboxylic acids is 2. The number of nitrogens with zero attached hydrogens (tertiary/aromatic N) is 1. The molecule has 1 heterocycles. The molecule has 0 aromatic heterocycles. The van der Waals surface area contributed by atoms with E-state index in [-0.39, 0.29) is 11.8 Å². The molecule has 1 aliphatic heterocycles. The number of ether oxygens (including phenoxy) is 1. The number of aryl methyl sites for hydroxylation is 1. The molecule has 1 N–H and O–H groups in total. The summed E-state index contributed by atoms with van der Waals surface area (Å²) in [7, 11) is 1.62. The minimum atomic E-state index is -0.559. The number of likely N-dealkylation sites (tertiary alicyclic amines) is 1. The van der Waals surface area contributed by atoms with Crippen LogP contribution in [-0.2, 0) is 22.6 Å². The van der Waals surface area contributed by atoms with E-state index in [0.29, 0.717) is 26.1 Å². The average Bonchev–Trinajstić information content (AvgIpc) is 2.73. The highest BCUT2D eigenvalue weighted by Crippen LogP contribution is 2.30. The van der Waals surface area contributed by atoms with Gasteiger partial charge in [-0.2, -0.15) is 0 Å². The van der Waals surface area contributed by atoms with Gasteiger partial charge in [0.25, 0.3) is 0 Å². The van der Waals surface area contributed by atoms with Crippen LogP contribution in [0.4, 0.5) is 0 Å². The van der Waals surface area contributed by atoms with Gasteiger partial charge in [-0.15, -0.1) is 0 Å². The van der Waals surface area contributed by atoms with Gasteiger partial charge >= 0.3 is 0 Å². The van der Waals surface area contributed by atoms with Crippen molar-refractivity contribution in [3.8, 4) is 5.75 Å². The smallest absolute Gasteiger partial charge is 0.227 e. The van der Waals surface area contributed by atoms with E-state index in [2.05, 4.69) is 5.32 Å². The minimum absolute atomic E-state index is 0.0164. The third-order valence-electron chi connectivity index (χ3n) is 5.81. The van der Waals surface area contributed by atoms with Crippen molar-refractivity contribution in [2.24, 2.45) is 5.41 Å². The van der Waals surface area contributed by atoms with E-state index >= 15 is 0 Å². The van der Waals surface area contributed by atoms with Crippen LogP contribution in [0.1, 0.15) is 36.5 Å². The van der Waals surface area contributed by atoms with Gasteiger partial charge in [0.05, 0.1) is 18.9 Å². The second-order valence-corrected chi connectivity index (χ2v) is 8.11. The zero-order chi connectivity index (χ0) is 20.9. The maximum atomic E-state index is 12.9. The van der Waals surface area contributed by atoms with E-state index in [1.807, 2.05) is 67.3 Å². The molecule has 0 aliphatic carbocycles. The monoisotopic (exact) mass is 394 g/mol. The van der Waals surface area contributed by atoms with Crippen LogP contribution in [-0.4, -0.2) is 36.9 Å². The topological polar surface area (TPSA) is 58.6 Å². The van der Waals surface area contributed by atoms with Crippen molar-refractivity contribution in [1.82, 2.24) is 10.2 Å². The molecular weight excluding hydrogens is 364 g/mol. The second-order valence-electron chi connectivity index (χ2n) is 8.11. The van der Waals surface area contributed by atoms with Gasteiger partial charge < -0.3 is 15.0 Å². The molecule has 0 radical (unpaired) electrons. The molecule has 2 aromatic carbocycles. The molecule has 0 bridgehead atoms. The molecule has 2 aromatic rings. The first-order valence-electron chi connectivity index (χ1n) is 10.1. The van der Waals surface area contributed by atoms with E-state index in [1.54, 1.807) is 7.11 Å². The number of benzene rings is 2. The Morgan fingerprint density at radius 1 is 1.14 bits per heavy atom. The Balaban J connectivity index is 1.59. The van der Waals surface area contributed by atoms with Gasteiger partial charge in [0, 0.05) is 19.6 Å². The molecule has 154 valence electrons. The zero-order valence-electron chi connectivity index (χ0n) is 17.5. The first-order chi connectivity index (χ1) is 13.9. The fourth-order valence-corrected chi connectivity index (χ4v) is 3.86. The Morgan fingerprint density at radius 3 is 2.55 bits per heavy atom. The number of rotatable bonds is 6. The van der Waals surface area contributed by atoms with Gasteiger partial charge in [-0.1, -0.05) is 36.4 Å². The second kappa shape index (κ2) is 9.12. The Kier molecular flexibility index (Phi) is 6.57. The van der Waals surface area contributed by atoms with Crippen LogP contribution >= 0.6 is 0 Å². The van der Waals surface area contributed by atoms with Crippen LogP contribution < -0.4 is 10.1 Å². The van der Waals surface area contributed by atoms with Gasteiger partial charge in [-0.3, -0.25) is 9.59 Å². The number of hydrogen-bond acceptors (Lipinski definition) is 3. The molecule has 0 saturated carbocycles. The van der Waals surface area contributed by atoms with E-state index in [0.717, 1.165) is 35.3 Å². The highest BCUT2D eigenvalue weighted by atomic mass is 16.5. The number of methoxy groups -OCH3 is 1. The normalized spacial score (nSPS) is 18.9. The van der Waals surface area contributed by atoms with Gasteiger partial charge in [-0.25, -0.2) is 0 Å². The number of amides is 2. The SMILES string of the molecule is COc1ccc(CC(=O)N2CCCC(C)(C(=O)NCc3ccccc3C)C2)cc1. The number of carbonyl (C=O) groups is 2. The quantitative estimate of drug-likeness (QED) is 0.816. The highest BCUT2D eigenvalue weighted by Gasteiger charge is 2.39.